The average molecular weight is 228 g/mol. The lowest BCUT2D eigenvalue weighted by atomic mass is 10.1. The van der Waals surface area contributed by atoms with Gasteiger partial charge in [-0.1, -0.05) is 31.2 Å². The van der Waals surface area contributed by atoms with Gasteiger partial charge in [-0.05, 0) is 50.0 Å². The number of hydrogen-bond donors (Lipinski definition) is 0. The van der Waals surface area contributed by atoms with Crippen LogP contribution in [0.25, 0.3) is 0 Å². The minimum atomic E-state index is 0.383. The van der Waals surface area contributed by atoms with Crippen molar-refractivity contribution in [3.05, 3.63) is 52.3 Å². The molecule has 2 rings (SSSR count). The lowest BCUT2D eigenvalue weighted by molar-refractivity contribution is 0.377. The number of para-hydroxylation sites is 1. The second-order valence-electron chi connectivity index (χ2n) is 4.95. The Kier molecular flexibility index (Phi) is 3.10. The maximum absolute atomic E-state index is 6.16. The van der Waals surface area contributed by atoms with E-state index in [4.69, 9.17) is 4.74 Å². The maximum atomic E-state index is 6.16. The molecule has 0 aromatic heterocycles. The van der Waals surface area contributed by atoms with E-state index in [1.807, 2.05) is 0 Å². The molecule has 0 radical (unpaired) electrons. The fraction of sp³-hybridized carbons (Fsp3) is 0.375. The third kappa shape index (κ3) is 2.14. The second kappa shape index (κ2) is 4.40. The molecular formula is C16H20O. The predicted octanol–water partition coefficient (Wildman–Crippen LogP) is 4.55. The highest BCUT2D eigenvalue weighted by Gasteiger charge is 2.21. The SMILES string of the molecule is CC1=CC(C)C(Oc2c(C)cccc2C)=C1C. The normalized spacial score (nSPS) is 19.6. The van der Waals surface area contributed by atoms with Crippen molar-refractivity contribution in [1.29, 1.82) is 0 Å². The number of rotatable bonds is 2. The van der Waals surface area contributed by atoms with Gasteiger partial charge in [0.05, 0.1) is 0 Å². The van der Waals surface area contributed by atoms with E-state index in [2.05, 4.69) is 58.9 Å². The molecule has 90 valence electrons. The van der Waals surface area contributed by atoms with Crippen LogP contribution in [0, 0.1) is 19.8 Å². The molecule has 1 atom stereocenters. The fourth-order valence-electron chi connectivity index (χ4n) is 2.35. The van der Waals surface area contributed by atoms with Crippen LogP contribution in [0.2, 0.25) is 0 Å². The molecule has 0 heterocycles. The first kappa shape index (κ1) is 12.0. The molecule has 1 aromatic carbocycles. The number of ether oxygens (including phenoxy) is 1. The predicted molar refractivity (Wildman–Crippen MR) is 72.2 cm³/mol. The Morgan fingerprint density at radius 2 is 1.59 bits per heavy atom. The number of benzene rings is 1. The molecule has 0 bridgehead atoms. The summed E-state index contributed by atoms with van der Waals surface area (Å²) in [6, 6.07) is 6.26. The third-order valence-electron chi connectivity index (χ3n) is 3.50. The highest BCUT2D eigenvalue weighted by atomic mass is 16.5. The van der Waals surface area contributed by atoms with E-state index < -0.39 is 0 Å². The summed E-state index contributed by atoms with van der Waals surface area (Å²) < 4.78 is 6.16. The van der Waals surface area contributed by atoms with Gasteiger partial charge in [0, 0.05) is 5.92 Å². The van der Waals surface area contributed by atoms with E-state index in [0.29, 0.717) is 5.92 Å². The van der Waals surface area contributed by atoms with Crippen LogP contribution in [-0.2, 0) is 0 Å². The molecule has 17 heavy (non-hydrogen) atoms. The number of aryl methyl sites for hydroxylation is 2. The highest BCUT2D eigenvalue weighted by Crippen LogP contribution is 2.34. The topological polar surface area (TPSA) is 9.23 Å². The molecule has 1 aliphatic carbocycles. The van der Waals surface area contributed by atoms with E-state index in [1.54, 1.807) is 0 Å². The summed E-state index contributed by atoms with van der Waals surface area (Å²) in [6.07, 6.45) is 2.26. The standard InChI is InChI=1S/C16H20O/c1-10-7-6-8-11(2)15(10)17-16-13(4)9-12(3)14(16)5/h6-9,13H,1-5H3. The quantitative estimate of drug-likeness (QED) is 0.721. The molecule has 1 unspecified atom stereocenters. The van der Waals surface area contributed by atoms with E-state index >= 15 is 0 Å². The zero-order valence-corrected chi connectivity index (χ0v) is 11.3. The lowest BCUT2D eigenvalue weighted by Gasteiger charge is -2.16. The summed E-state index contributed by atoms with van der Waals surface area (Å²) in [4.78, 5) is 0. The molecule has 0 saturated heterocycles. The van der Waals surface area contributed by atoms with E-state index in [-0.39, 0.29) is 0 Å². The molecule has 0 N–H and O–H groups in total. The summed E-state index contributed by atoms with van der Waals surface area (Å²) in [5.74, 6) is 2.49. The Morgan fingerprint density at radius 1 is 1.00 bits per heavy atom. The van der Waals surface area contributed by atoms with Crippen LogP contribution in [-0.4, -0.2) is 0 Å². The molecule has 0 spiro atoms. The van der Waals surface area contributed by atoms with E-state index in [0.717, 1.165) is 11.5 Å². The van der Waals surface area contributed by atoms with Gasteiger partial charge < -0.3 is 4.74 Å². The van der Waals surface area contributed by atoms with Crippen LogP contribution in [0.4, 0.5) is 0 Å². The van der Waals surface area contributed by atoms with Crippen LogP contribution < -0.4 is 4.74 Å². The zero-order chi connectivity index (χ0) is 12.6. The highest BCUT2D eigenvalue weighted by molar-refractivity contribution is 5.45. The van der Waals surface area contributed by atoms with Gasteiger partial charge in [-0.3, -0.25) is 0 Å². The molecule has 0 aliphatic heterocycles. The van der Waals surface area contributed by atoms with Gasteiger partial charge in [0.25, 0.3) is 0 Å². The first-order chi connectivity index (χ1) is 8.00. The van der Waals surface area contributed by atoms with Crippen molar-refractivity contribution < 1.29 is 4.74 Å². The minimum absolute atomic E-state index is 0.383. The molecule has 1 nitrogen and oxygen atoms in total. The molecular weight excluding hydrogens is 208 g/mol. The van der Waals surface area contributed by atoms with Crippen LogP contribution in [0.1, 0.15) is 31.9 Å². The summed E-state index contributed by atoms with van der Waals surface area (Å²) >= 11 is 0. The average Bonchev–Trinajstić information content (AvgIpc) is 2.49. The van der Waals surface area contributed by atoms with Crippen LogP contribution in [0.5, 0.6) is 5.75 Å². The summed E-state index contributed by atoms with van der Waals surface area (Å²) in [5.41, 5.74) is 5.00. The fourth-order valence-corrected chi connectivity index (χ4v) is 2.35. The summed E-state index contributed by atoms with van der Waals surface area (Å²) in [6.45, 7) is 10.7. The molecule has 0 fully saturated rings. The van der Waals surface area contributed by atoms with Crippen LogP contribution >= 0.6 is 0 Å². The van der Waals surface area contributed by atoms with Crippen molar-refractivity contribution in [3.8, 4) is 5.75 Å². The van der Waals surface area contributed by atoms with Crippen molar-refractivity contribution in [2.45, 2.75) is 34.6 Å². The largest absolute Gasteiger partial charge is 0.460 e. The Morgan fingerprint density at radius 3 is 2.06 bits per heavy atom. The van der Waals surface area contributed by atoms with Crippen LogP contribution in [0.3, 0.4) is 0 Å². The Labute approximate surface area is 104 Å². The molecule has 1 aromatic rings. The van der Waals surface area contributed by atoms with Gasteiger partial charge in [0.2, 0.25) is 0 Å². The third-order valence-corrected chi connectivity index (χ3v) is 3.50. The first-order valence-corrected chi connectivity index (χ1v) is 6.14. The molecule has 1 heteroatoms. The van der Waals surface area contributed by atoms with Crippen molar-refractivity contribution in [2.24, 2.45) is 5.92 Å². The van der Waals surface area contributed by atoms with Crippen molar-refractivity contribution >= 4 is 0 Å². The second-order valence-corrected chi connectivity index (χ2v) is 4.95. The lowest BCUT2D eigenvalue weighted by Crippen LogP contribution is -2.04. The van der Waals surface area contributed by atoms with Gasteiger partial charge in [-0.2, -0.15) is 0 Å². The number of hydrogen-bond acceptors (Lipinski definition) is 1. The molecule has 1 aliphatic rings. The van der Waals surface area contributed by atoms with Gasteiger partial charge >= 0.3 is 0 Å². The smallest absolute Gasteiger partial charge is 0.132 e. The Hall–Kier alpha value is -1.50. The minimum Gasteiger partial charge on any atom is -0.460 e. The van der Waals surface area contributed by atoms with E-state index in [1.165, 1.54) is 22.3 Å². The first-order valence-electron chi connectivity index (χ1n) is 6.14. The van der Waals surface area contributed by atoms with Gasteiger partial charge in [0.1, 0.15) is 11.5 Å². The van der Waals surface area contributed by atoms with Gasteiger partial charge in [0.15, 0.2) is 0 Å². The van der Waals surface area contributed by atoms with Gasteiger partial charge in [-0.25, -0.2) is 0 Å². The van der Waals surface area contributed by atoms with Crippen molar-refractivity contribution in [2.75, 3.05) is 0 Å². The molecule has 0 saturated carbocycles. The van der Waals surface area contributed by atoms with Crippen molar-refractivity contribution in [1.82, 2.24) is 0 Å². The Balaban J connectivity index is 2.35. The molecule has 0 amide bonds. The number of allylic oxidation sites excluding steroid dienone is 3. The van der Waals surface area contributed by atoms with Crippen molar-refractivity contribution in [3.63, 3.8) is 0 Å². The summed E-state index contributed by atoms with van der Waals surface area (Å²) in [5, 5.41) is 0. The zero-order valence-electron chi connectivity index (χ0n) is 11.3. The summed E-state index contributed by atoms with van der Waals surface area (Å²) in [7, 11) is 0. The Bertz CT molecular complexity index is 486. The van der Waals surface area contributed by atoms with Gasteiger partial charge in [-0.15, -0.1) is 0 Å². The monoisotopic (exact) mass is 228 g/mol. The van der Waals surface area contributed by atoms with Crippen LogP contribution in [0.15, 0.2) is 41.2 Å². The van der Waals surface area contributed by atoms with E-state index in [9.17, 15) is 0 Å². The maximum Gasteiger partial charge on any atom is 0.132 e.